The molecule has 5 heteroatoms. The van der Waals surface area contributed by atoms with Crippen molar-refractivity contribution in [2.45, 2.75) is 38.5 Å². The van der Waals surface area contributed by atoms with Crippen molar-refractivity contribution in [1.82, 2.24) is 4.90 Å². The molecule has 1 heterocycles. The van der Waals surface area contributed by atoms with Crippen LogP contribution in [0.5, 0.6) is 0 Å². The van der Waals surface area contributed by atoms with Crippen molar-refractivity contribution in [3.8, 4) is 11.1 Å². The summed E-state index contributed by atoms with van der Waals surface area (Å²) < 4.78 is 26.9. The lowest BCUT2D eigenvalue weighted by molar-refractivity contribution is -0.116. The molecule has 0 bridgehead atoms. The van der Waals surface area contributed by atoms with Crippen molar-refractivity contribution in [2.75, 3.05) is 25.0 Å². The topological polar surface area (TPSA) is 32.3 Å². The Balaban J connectivity index is 1.44. The van der Waals surface area contributed by atoms with E-state index < -0.39 is 11.6 Å². The molecule has 1 aliphatic heterocycles. The monoisotopic (exact) mass is 372 g/mol. The third kappa shape index (κ3) is 5.86. The molecule has 1 amide bonds. The fourth-order valence-corrected chi connectivity index (χ4v) is 3.48. The molecule has 3 nitrogen and oxygen atoms in total. The van der Waals surface area contributed by atoms with Crippen LogP contribution >= 0.6 is 0 Å². The van der Waals surface area contributed by atoms with Gasteiger partial charge in [-0.1, -0.05) is 18.6 Å². The van der Waals surface area contributed by atoms with Gasteiger partial charge in [-0.2, -0.15) is 0 Å². The highest BCUT2D eigenvalue weighted by molar-refractivity contribution is 5.90. The van der Waals surface area contributed by atoms with E-state index in [0.29, 0.717) is 23.2 Å². The first-order valence-corrected chi connectivity index (χ1v) is 9.69. The number of hydrogen-bond donors (Lipinski definition) is 1. The van der Waals surface area contributed by atoms with E-state index in [0.717, 1.165) is 25.5 Å². The third-order valence-corrected chi connectivity index (χ3v) is 4.99. The van der Waals surface area contributed by atoms with E-state index in [-0.39, 0.29) is 5.91 Å². The maximum atomic E-state index is 13.8. The number of rotatable bonds is 7. The number of halogens is 2. The molecule has 3 rings (SSSR count). The molecular weight excluding hydrogens is 346 g/mol. The number of piperidine rings is 1. The Morgan fingerprint density at radius 1 is 0.963 bits per heavy atom. The largest absolute Gasteiger partial charge is 0.326 e. The zero-order chi connectivity index (χ0) is 19.1. The van der Waals surface area contributed by atoms with Crippen LogP contribution in [-0.2, 0) is 4.79 Å². The van der Waals surface area contributed by atoms with Crippen molar-refractivity contribution in [3.63, 3.8) is 0 Å². The summed E-state index contributed by atoms with van der Waals surface area (Å²) in [5.41, 5.74) is 1.67. The number of benzene rings is 2. The SMILES string of the molecule is O=C(CCCCN1CCCCC1)Nc1ccc(-c2ccc(F)cc2F)cc1. The molecule has 2 aromatic rings. The van der Waals surface area contributed by atoms with E-state index >= 15 is 0 Å². The second-order valence-corrected chi connectivity index (χ2v) is 7.11. The minimum absolute atomic E-state index is 0.00523. The second kappa shape index (κ2) is 9.60. The van der Waals surface area contributed by atoms with Crippen LogP contribution in [0.1, 0.15) is 38.5 Å². The van der Waals surface area contributed by atoms with Gasteiger partial charge in [0, 0.05) is 23.7 Å². The van der Waals surface area contributed by atoms with Crippen molar-refractivity contribution in [3.05, 3.63) is 54.1 Å². The summed E-state index contributed by atoms with van der Waals surface area (Å²) >= 11 is 0. The van der Waals surface area contributed by atoms with Gasteiger partial charge in [-0.05, 0) is 75.1 Å². The fourth-order valence-electron chi connectivity index (χ4n) is 3.48. The number of nitrogens with one attached hydrogen (secondary N) is 1. The second-order valence-electron chi connectivity index (χ2n) is 7.11. The summed E-state index contributed by atoms with van der Waals surface area (Å²) in [7, 11) is 0. The first kappa shape index (κ1) is 19.5. The molecule has 2 aromatic carbocycles. The Labute approximate surface area is 159 Å². The minimum atomic E-state index is -0.597. The van der Waals surface area contributed by atoms with Crippen LogP contribution in [0.25, 0.3) is 11.1 Å². The molecule has 1 fully saturated rings. The zero-order valence-electron chi connectivity index (χ0n) is 15.5. The van der Waals surface area contributed by atoms with Crippen LogP contribution in [0.3, 0.4) is 0 Å². The molecule has 27 heavy (non-hydrogen) atoms. The molecule has 0 aliphatic carbocycles. The van der Waals surface area contributed by atoms with Crippen molar-refractivity contribution < 1.29 is 13.6 Å². The number of anilines is 1. The smallest absolute Gasteiger partial charge is 0.224 e. The van der Waals surface area contributed by atoms with Crippen LogP contribution < -0.4 is 5.32 Å². The normalized spacial score (nSPS) is 14.9. The molecular formula is C22H26F2N2O. The van der Waals surface area contributed by atoms with Crippen molar-refractivity contribution >= 4 is 11.6 Å². The van der Waals surface area contributed by atoms with E-state index in [9.17, 15) is 13.6 Å². The highest BCUT2D eigenvalue weighted by atomic mass is 19.1. The van der Waals surface area contributed by atoms with Crippen LogP contribution in [-0.4, -0.2) is 30.4 Å². The Kier molecular flexibility index (Phi) is 6.93. The fraction of sp³-hybridized carbons (Fsp3) is 0.409. The van der Waals surface area contributed by atoms with Crippen molar-refractivity contribution in [2.24, 2.45) is 0 Å². The molecule has 144 valence electrons. The summed E-state index contributed by atoms with van der Waals surface area (Å²) in [5.74, 6) is -1.20. The zero-order valence-corrected chi connectivity index (χ0v) is 15.5. The van der Waals surface area contributed by atoms with Gasteiger partial charge in [0.25, 0.3) is 0 Å². The molecule has 0 saturated carbocycles. The summed E-state index contributed by atoms with van der Waals surface area (Å²) in [6.07, 6.45) is 6.34. The number of unbranched alkanes of at least 4 members (excludes halogenated alkanes) is 1. The first-order valence-electron chi connectivity index (χ1n) is 9.69. The molecule has 1 N–H and O–H groups in total. The predicted molar refractivity (Wildman–Crippen MR) is 105 cm³/mol. The van der Waals surface area contributed by atoms with E-state index in [1.165, 1.54) is 44.5 Å². The number of carbonyl (C=O) groups is 1. The van der Waals surface area contributed by atoms with Gasteiger partial charge in [0.05, 0.1) is 0 Å². The summed E-state index contributed by atoms with van der Waals surface area (Å²) in [5, 5.41) is 2.88. The first-order chi connectivity index (χ1) is 13.1. The minimum Gasteiger partial charge on any atom is -0.326 e. The van der Waals surface area contributed by atoms with Gasteiger partial charge >= 0.3 is 0 Å². The van der Waals surface area contributed by atoms with Crippen LogP contribution in [0.4, 0.5) is 14.5 Å². The quantitative estimate of drug-likeness (QED) is 0.675. The summed E-state index contributed by atoms with van der Waals surface area (Å²) in [6.45, 7) is 3.45. The highest BCUT2D eigenvalue weighted by Gasteiger charge is 2.10. The Morgan fingerprint density at radius 2 is 1.70 bits per heavy atom. The molecule has 0 unspecified atom stereocenters. The van der Waals surface area contributed by atoms with E-state index in [1.807, 2.05) is 0 Å². The molecule has 1 saturated heterocycles. The van der Waals surface area contributed by atoms with Gasteiger partial charge in [-0.3, -0.25) is 4.79 Å². The van der Waals surface area contributed by atoms with Crippen LogP contribution in [0, 0.1) is 11.6 Å². The Morgan fingerprint density at radius 3 is 2.41 bits per heavy atom. The lowest BCUT2D eigenvalue weighted by atomic mass is 10.0. The third-order valence-electron chi connectivity index (χ3n) is 4.99. The lowest BCUT2D eigenvalue weighted by Crippen LogP contribution is -2.30. The maximum absolute atomic E-state index is 13.8. The van der Waals surface area contributed by atoms with Gasteiger partial charge in [0.1, 0.15) is 11.6 Å². The lowest BCUT2D eigenvalue weighted by Gasteiger charge is -2.26. The highest BCUT2D eigenvalue weighted by Crippen LogP contribution is 2.25. The Bertz CT molecular complexity index is 755. The summed E-state index contributed by atoms with van der Waals surface area (Å²) in [6, 6.07) is 10.4. The van der Waals surface area contributed by atoms with Crippen LogP contribution in [0.2, 0.25) is 0 Å². The van der Waals surface area contributed by atoms with Gasteiger partial charge in [-0.15, -0.1) is 0 Å². The van der Waals surface area contributed by atoms with Gasteiger partial charge in [0.15, 0.2) is 0 Å². The number of likely N-dealkylation sites (tertiary alicyclic amines) is 1. The van der Waals surface area contributed by atoms with Gasteiger partial charge in [-0.25, -0.2) is 8.78 Å². The van der Waals surface area contributed by atoms with Crippen molar-refractivity contribution in [1.29, 1.82) is 0 Å². The summed E-state index contributed by atoms with van der Waals surface area (Å²) in [4.78, 5) is 14.6. The van der Waals surface area contributed by atoms with E-state index in [4.69, 9.17) is 0 Å². The van der Waals surface area contributed by atoms with Crippen LogP contribution in [0.15, 0.2) is 42.5 Å². The van der Waals surface area contributed by atoms with Gasteiger partial charge < -0.3 is 10.2 Å². The molecule has 0 radical (unpaired) electrons. The average Bonchev–Trinajstić information content (AvgIpc) is 2.67. The molecule has 0 spiro atoms. The number of amides is 1. The molecule has 1 aliphatic rings. The maximum Gasteiger partial charge on any atom is 0.224 e. The standard InChI is InChI=1S/C22H26F2N2O/c23-18-9-12-20(21(24)16-18)17-7-10-19(11-8-17)25-22(27)6-2-5-15-26-13-3-1-4-14-26/h7-12,16H,1-6,13-15H2,(H,25,27). The van der Waals surface area contributed by atoms with E-state index in [2.05, 4.69) is 10.2 Å². The van der Waals surface area contributed by atoms with E-state index in [1.54, 1.807) is 24.3 Å². The molecule has 0 aromatic heterocycles. The number of hydrogen-bond acceptors (Lipinski definition) is 2. The average molecular weight is 372 g/mol. The van der Waals surface area contributed by atoms with Gasteiger partial charge in [0.2, 0.25) is 5.91 Å². The number of carbonyl (C=O) groups excluding carboxylic acids is 1. The molecule has 0 atom stereocenters. The number of nitrogens with zero attached hydrogens (tertiary/aromatic N) is 1. The predicted octanol–water partition coefficient (Wildman–Crippen LogP) is 5.23. The Hall–Kier alpha value is -2.27.